The third-order valence-corrected chi connectivity index (χ3v) is 3.13. The van der Waals surface area contributed by atoms with E-state index in [-0.39, 0.29) is 0 Å². The van der Waals surface area contributed by atoms with E-state index in [0.29, 0.717) is 11.1 Å². The number of pyridine rings is 1. The van der Waals surface area contributed by atoms with Gasteiger partial charge in [0, 0.05) is 23.5 Å². The summed E-state index contributed by atoms with van der Waals surface area (Å²) in [5.41, 5.74) is 1.57. The number of rotatable bonds is 4. The highest BCUT2D eigenvalue weighted by Gasteiger charge is 2.29. The van der Waals surface area contributed by atoms with Crippen molar-refractivity contribution in [2.24, 2.45) is 0 Å². The quantitative estimate of drug-likeness (QED) is 0.817. The van der Waals surface area contributed by atoms with Crippen LogP contribution in [0.3, 0.4) is 0 Å². The van der Waals surface area contributed by atoms with Crippen molar-refractivity contribution in [2.75, 3.05) is 0 Å². The zero-order valence-corrected chi connectivity index (χ0v) is 10.1. The Morgan fingerprint density at radius 1 is 1.33 bits per heavy atom. The second-order valence-corrected chi connectivity index (χ2v) is 4.16. The van der Waals surface area contributed by atoms with E-state index in [4.69, 9.17) is 0 Å². The minimum Gasteiger partial charge on any atom is -0.376 e. The van der Waals surface area contributed by atoms with Gasteiger partial charge in [0.05, 0.1) is 11.2 Å². The predicted molar refractivity (Wildman–Crippen MR) is 68.0 cm³/mol. The number of aldehydes is 2. The summed E-state index contributed by atoms with van der Waals surface area (Å²) in [6, 6.07) is 3.56. The van der Waals surface area contributed by atoms with E-state index in [1.165, 1.54) is 0 Å². The molecule has 1 aromatic heterocycles. The molecule has 0 amide bonds. The van der Waals surface area contributed by atoms with Crippen LogP contribution in [-0.4, -0.2) is 17.6 Å². The van der Waals surface area contributed by atoms with Crippen LogP contribution in [-0.2, 0) is 10.3 Å². The molecular weight excluding hydrogens is 228 g/mol. The number of dihydropyridines is 1. The van der Waals surface area contributed by atoms with Crippen LogP contribution in [0.2, 0.25) is 0 Å². The molecule has 18 heavy (non-hydrogen) atoms. The number of hydrogen-bond acceptors (Lipinski definition) is 4. The fourth-order valence-corrected chi connectivity index (χ4v) is 1.92. The molecule has 0 fully saturated rings. The second kappa shape index (κ2) is 4.96. The van der Waals surface area contributed by atoms with Gasteiger partial charge in [-0.3, -0.25) is 14.6 Å². The summed E-state index contributed by atoms with van der Waals surface area (Å²) in [6.45, 7) is 2.03. The lowest BCUT2D eigenvalue weighted by Crippen LogP contribution is -2.39. The molecule has 1 aromatic rings. The van der Waals surface area contributed by atoms with Crippen LogP contribution < -0.4 is 5.32 Å². The van der Waals surface area contributed by atoms with Crippen molar-refractivity contribution in [3.05, 3.63) is 53.5 Å². The normalized spacial score (nSPS) is 21.9. The molecule has 92 valence electrons. The molecule has 0 aromatic carbocycles. The van der Waals surface area contributed by atoms with Crippen molar-refractivity contribution in [1.82, 2.24) is 10.3 Å². The number of allylic oxidation sites excluding steroid dienone is 2. The third-order valence-electron chi connectivity index (χ3n) is 3.13. The monoisotopic (exact) mass is 242 g/mol. The zero-order valence-electron chi connectivity index (χ0n) is 10.1. The van der Waals surface area contributed by atoms with Crippen molar-refractivity contribution < 1.29 is 9.59 Å². The predicted octanol–water partition coefficient (Wildman–Crippen LogP) is 1.74. The molecule has 0 saturated heterocycles. The standard InChI is InChI=1S/C14H14N2O2/c1-2-14(6-5-12(10-18)8-16-14)13-4-3-11(9-17)7-15-13/h3-10,16H,2H2,1H3. The van der Waals surface area contributed by atoms with Gasteiger partial charge in [-0.05, 0) is 18.6 Å². The molecule has 1 aliphatic heterocycles. The van der Waals surface area contributed by atoms with Crippen LogP contribution in [0, 0.1) is 0 Å². The number of hydrogen-bond donors (Lipinski definition) is 1. The smallest absolute Gasteiger partial charge is 0.151 e. The number of carbonyl (C=O) groups excluding carboxylic acids is 2. The first-order valence-corrected chi connectivity index (χ1v) is 5.78. The SMILES string of the molecule is CCC1(c2ccc(C=O)cn2)C=CC(C=O)=CN1. The van der Waals surface area contributed by atoms with Crippen molar-refractivity contribution in [3.8, 4) is 0 Å². The molecule has 0 aliphatic carbocycles. The first-order valence-electron chi connectivity index (χ1n) is 5.78. The van der Waals surface area contributed by atoms with E-state index in [1.54, 1.807) is 24.5 Å². The molecule has 0 radical (unpaired) electrons. The van der Waals surface area contributed by atoms with Gasteiger partial charge in [-0.2, -0.15) is 0 Å². The minimum atomic E-state index is -0.409. The summed E-state index contributed by atoms with van der Waals surface area (Å²) in [4.78, 5) is 25.6. The lowest BCUT2D eigenvalue weighted by molar-refractivity contribution is -0.104. The minimum absolute atomic E-state index is 0.409. The molecule has 2 heterocycles. The Labute approximate surface area is 105 Å². The summed E-state index contributed by atoms with van der Waals surface area (Å²) in [5, 5.41) is 3.21. The topological polar surface area (TPSA) is 59.1 Å². The van der Waals surface area contributed by atoms with E-state index in [1.807, 2.05) is 19.1 Å². The van der Waals surface area contributed by atoms with E-state index < -0.39 is 5.54 Å². The van der Waals surface area contributed by atoms with Crippen molar-refractivity contribution in [2.45, 2.75) is 18.9 Å². The molecule has 0 bridgehead atoms. The molecule has 4 nitrogen and oxygen atoms in total. The summed E-state index contributed by atoms with van der Waals surface area (Å²) in [7, 11) is 0. The van der Waals surface area contributed by atoms with Gasteiger partial charge in [-0.15, -0.1) is 0 Å². The van der Waals surface area contributed by atoms with Crippen LogP contribution in [0.5, 0.6) is 0 Å². The number of aromatic nitrogens is 1. The second-order valence-electron chi connectivity index (χ2n) is 4.16. The zero-order chi connectivity index (χ0) is 13.0. The average Bonchev–Trinajstić information content (AvgIpc) is 2.47. The van der Waals surface area contributed by atoms with Gasteiger partial charge in [-0.1, -0.05) is 19.1 Å². The Kier molecular flexibility index (Phi) is 3.37. The molecule has 1 unspecified atom stereocenters. The van der Waals surface area contributed by atoms with E-state index in [2.05, 4.69) is 10.3 Å². The van der Waals surface area contributed by atoms with Gasteiger partial charge >= 0.3 is 0 Å². The summed E-state index contributed by atoms with van der Waals surface area (Å²) >= 11 is 0. The van der Waals surface area contributed by atoms with Crippen LogP contribution >= 0.6 is 0 Å². The molecule has 1 atom stereocenters. The fourth-order valence-electron chi connectivity index (χ4n) is 1.92. The Balaban J connectivity index is 2.34. The fraction of sp³-hybridized carbons (Fsp3) is 0.214. The number of carbonyl (C=O) groups is 2. The first-order chi connectivity index (χ1) is 8.74. The highest BCUT2D eigenvalue weighted by atomic mass is 16.1. The van der Waals surface area contributed by atoms with Gasteiger partial charge in [0.25, 0.3) is 0 Å². The summed E-state index contributed by atoms with van der Waals surface area (Å²) in [5.74, 6) is 0. The highest BCUT2D eigenvalue weighted by molar-refractivity contribution is 5.78. The molecule has 0 spiro atoms. The van der Waals surface area contributed by atoms with Gasteiger partial charge < -0.3 is 5.32 Å². The van der Waals surface area contributed by atoms with Gasteiger partial charge in [0.1, 0.15) is 0 Å². The third kappa shape index (κ3) is 2.09. The van der Waals surface area contributed by atoms with Crippen molar-refractivity contribution >= 4 is 12.6 Å². The maximum absolute atomic E-state index is 10.7. The maximum atomic E-state index is 10.7. The molecule has 2 rings (SSSR count). The molecule has 1 N–H and O–H groups in total. The average molecular weight is 242 g/mol. The van der Waals surface area contributed by atoms with Gasteiger partial charge in [0.15, 0.2) is 12.6 Å². The number of nitrogens with zero attached hydrogens (tertiary/aromatic N) is 1. The molecule has 0 saturated carbocycles. The maximum Gasteiger partial charge on any atom is 0.151 e. The summed E-state index contributed by atoms with van der Waals surface area (Å²) < 4.78 is 0. The Morgan fingerprint density at radius 3 is 2.61 bits per heavy atom. The van der Waals surface area contributed by atoms with Crippen LogP contribution in [0.15, 0.2) is 42.3 Å². The first kappa shape index (κ1) is 12.2. The van der Waals surface area contributed by atoms with Crippen molar-refractivity contribution in [1.29, 1.82) is 0 Å². The Hall–Kier alpha value is -2.23. The van der Waals surface area contributed by atoms with Crippen molar-refractivity contribution in [3.63, 3.8) is 0 Å². The largest absolute Gasteiger partial charge is 0.376 e. The Morgan fingerprint density at radius 2 is 2.17 bits per heavy atom. The van der Waals surface area contributed by atoms with Gasteiger partial charge in [-0.25, -0.2) is 0 Å². The lowest BCUT2D eigenvalue weighted by Gasteiger charge is -2.32. The number of nitrogens with one attached hydrogen (secondary N) is 1. The van der Waals surface area contributed by atoms with E-state index in [9.17, 15) is 9.59 Å². The highest BCUT2D eigenvalue weighted by Crippen LogP contribution is 2.28. The van der Waals surface area contributed by atoms with Gasteiger partial charge in [0.2, 0.25) is 0 Å². The molecule has 1 aliphatic rings. The van der Waals surface area contributed by atoms with Crippen LogP contribution in [0.4, 0.5) is 0 Å². The molecular formula is C14H14N2O2. The Bertz CT molecular complexity index is 517. The van der Waals surface area contributed by atoms with Crippen LogP contribution in [0.1, 0.15) is 29.4 Å². The van der Waals surface area contributed by atoms with Crippen LogP contribution in [0.25, 0.3) is 0 Å². The molecule has 4 heteroatoms. The lowest BCUT2D eigenvalue weighted by atomic mass is 9.88. The van der Waals surface area contributed by atoms with E-state index >= 15 is 0 Å². The summed E-state index contributed by atoms with van der Waals surface area (Å²) in [6.07, 6.45) is 9.30. The van der Waals surface area contributed by atoms with E-state index in [0.717, 1.165) is 24.7 Å².